The van der Waals surface area contributed by atoms with Crippen molar-refractivity contribution in [3.05, 3.63) is 54.2 Å². The molecule has 3 rings (SSSR count). The van der Waals surface area contributed by atoms with Crippen LogP contribution in [0.15, 0.2) is 42.6 Å². The van der Waals surface area contributed by atoms with Gasteiger partial charge in [0.1, 0.15) is 5.65 Å². The molecule has 0 saturated heterocycles. The molecule has 2 heterocycles. The van der Waals surface area contributed by atoms with E-state index in [1.54, 1.807) is 6.20 Å². The second-order valence-corrected chi connectivity index (χ2v) is 4.14. The number of aryl methyl sites for hydroxylation is 1. The van der Waals surface area contributed by atoms with Gasteiger partial charge < -0.3 is 0 Å². The molecule has 1 aromatic carbocycles. The lowest BCUT2D eigenvalue weighted by molar-refractivity contribution is 0.549. The fourth-order valence-electron chi connectivity index (χ4n) is 2.08. The number of nitrogens with zero attached hydrogens (tertiary/aromatic N) is 2. The third-order valence-corrected chi connectivity index (χ3v) is 3.00. The average Bonchev–Trinajstić information content (AvgIpc) is 2.80. The summed E-state index contributed by atoms with van der Waals surface area (Å²) in [5, 5.41) is 0.892. The van der Waals surface area contributed by atoms with E-state index in [4.69, 9.17) is 0 Å². The van der Waals surface area contributed by atoms with Gasteiger partial charge in [-0.25, -0.2) is 4.98 Å². The number of rotatable bonds is 2. The van der Waals surface area contributed by atoms with Crippen LogP contribution in [0.25, 0.3) is 22.3 Å². The van der Waals surface area contributed by atoms with Crippen molar-refractivity contribution in [2.24, 2.45) is 0 Å². The van der Waals surface area contributed by atoms with Crippen molar-refractivity contribution in [2.45, 2.75) is 6.92 Å². The molecular formula is C15H11N2O. The number of fused-ring (bicyclic) bond motifs is 1. The van der Waals surface area contributed by atoms with Gasteiger partial charge in [0.05, 0.1) is 5.69 Å². The van der Waals surface area contributed by atoms with Gasteiger partial charge in [0, 0.05) is 17.6 Å². The lowest BCUT2D eigenvalue weighted by Gasteiger charge is -2.01. The molecule has 18 heavy (non-hydrogen) atoms. The second-order valence-electron chi connectivity index (χ2n) is 4.14. The summed E-state index contributed by atoms with van der Waals surface area (Å²) in [6, 6.07) is 14.9. The molecule has 1 radical (unpaired) electrons. The molecule has 0 amide bonds. The van der Waals surface area contributed by atoms with Crippen LogP contribution in [0.3, 0.4) is 0 Å². The van der Waals surface area contributed by atoms with E-state index in [0.717, 1.165) is 28.6 Å². The van der Waals surface area contributed by atoms with Gasteiger partial charge in [-0.3, -0.25) is 9.36 Å². The first-order valence-corrected chi connectivity index (χ1v) is 5.71. The Morgan fingerprint density at radius 3 is 2.72 bits per heavy atom. The van der Waals surface area contributed by atoms with Crippen LogP contribution >= 0.6 is 0 Å². The van der Waals surface area contributed by atoms with Crippen molar-refractivity contribution in [2.75, 3.05) is 0 Å². The number of hydrogen-bond donors (Lipinski definition) is 0. The van der Waals surface area contributed by atoms with Crippen molar-refractivity contribution in [1.82, 2.24) is 9.55 Å². The fraction of sp³-hybridized carbons (Fsp3) is 0.0667. The molecule has 0 atom stereocenters. The molecule has 0 unspecified atom stereocenters. The van der Waals surface area contributed by atoms with Gasteiger partial charge in [-0.1, -0.05) is 30.3 Å². The molecule has 0 saturated carbocycles. The Balaban J connectivity index is 2.37. The summed E-state index contributed by atoms with van der Waals surface area (Å²) in [5.41, 5.74) is 3.44. The van der Waals surface area contributed by atoms with Crippen LogP contribution in [-0.4, -0.2) is 16.0 Å². The van der Waals surface area contributed by atoms with Gasteiger partial charge in [0.25, 0.3) is 0 Å². The van der Waals surface area contributed by atoms with Gasteiger partial charge in [0.15, 0.2) is 0 Å². The predicted octanol–water partition coefficient (Wildman–Crippen LogP) is 2.85. The van der Waals surface area contributed by atoms with E-state index in [0.29, 0.717) is 5.65 Å². The van der Waals surface area contributed by atoms with Crippen LogP contribution in [-0.2, 0) is 4.79 Å². The van der Waals surface area contributed by atoms with Crippen molar-refractivity contribution < 1.29 is 4.79 Å². The Labute approximate surface area is 105 Å². The standard InChI is InChI=1S/C15H11N2O/c1-11-7-8-16-15-13(11)9-14(17(15)10-18)12-5-3-2-4-6-12/h2-8,10H,1H3. The first-order chi connectivity index (χ1) is 8.81. The summed E-state index contributed by atoms with van der Waals surface area (Å²) in [7, 11) is 0. The Bertz CT molecular complexity index is 714. The minimum atomic E-state index is 0.656. The van der Waals surface area contributed by atoms with E-state index in [-0.39, 0.29) is 0 Å². The SMILES string of the molecule is Cc1ccnc2c1[c]c(-c1ccccc1)n2C=O. The van der Waals surface area contributed by atoms with Gasteiger partial charge >= 0.3 is 0 Å². The molecule has 3 aromatic rings. The predicted molar refractivity (Wildman–Crippen MR) is 70.9 cm³/mol. The fourth-order valence-corrected chi connectivity index (χ4v) is 2.08. The summed E-state index contributed by atoms with van der Waals surface area (Å²) >= 11 is 0. The van der Waals surface area contributed by atoms with Gasteiger partial charge in [-0.2, -0.15) is 0 Å². The van der Waals surface area contributed by atoms with E-state index in [1.807, 2.05) is 43.3 Å². The molecular weight excluding hydrogens is 224 g/mol. The van der Waals surface area contributed by atoms with Crippen molar-refractivity contribution in [3.8, 4) is 11.3 Å². The highest BCUT2D eigenvalue weighted by atomic mass is 16.1. The molecule has 0 aliphatic rings. The summed E-state index contributed by atoms with van der Waals surface area (Å²) in [6.45, 7) is 1.99. The van der Waals surface area contributed by atoms with Crippen LogP contribution in [0.1, 0.15) is 5.56 Å². The highest BCUT2D eigenvalue weighted by Crippen LogP contribution is 2.26. The largest absolute Gasteiger partial charge is 0.278 e. The summed E-state index contributed by atoms with van der Waals surface area (Å²) in [6.07, 6.45) is 2.49. The number of carbonyl (C=O) groups excluding carboxylic acids is 1. The molecule has 3 nitrogen and oxygen atoms in total. The van der Waals surface area contributed by atoms with E-state index < -0.39 is 0 Å². The zero-order valence-corrected chi connectivity index (χ0v) is 9.92. The Kier molecular flexibility index (Phi) is 2.45. The molecule has 87 valence electrons. The first kappa shape index (κ1) is 10.7. The van der Waals surface area contributed by atoms with Gasteiger partial charge in [-0.05, 0) is 24.1 Å². The normalized spacial score (nSPS) is 10.7. The van der Waals surface area contributed by atoms with E-state index >= 15 is 0 Å². The first-order valence-electron chi connectivity index (χ1n) is 5.71. The number of aromatic nitrogens is 2. The second kappa shape index (κ2) is 4.11. The number of pyridine rings is 1. The quantitative estimate of drug-likeness (QED) is 0.640. The molecule has 0 aliphatic carbocycles. The third kappa shape index (κ3) is 1.52. The minimum Gasteiger partial charge on any atom is -0.278 e. The number of benzene rings is 1. The van der Waals surface area contributed by atoms with Gasteiger partial charge in [-0.15, -0.1) is 0 Å². The van der Waals surface area contributed by atoms with Crippen LogP contribution in [0.5, 0.6) is 0 Å². The smallest absolute Gasteiger partial charge is 0.219 e. The maximum atomic E-state index is 11.3. The highest BCUT2D eigenvalue weighted by Gasteiger charge is 2.12. The molecule has 0 N–H and O–H groups in total. The molecule has 0 bridgehead atoms. The van der Waals surface area contributed by atoms with Crippen molar-refractivity contribution >= 4 is 17.4 Å². The number of carbonyl (C=O) groups is 1. The van der Waals surface area contributed by atoms with E-state index in [2.05, 4.69) is 11.1 Å². The van der Waals surface area contributed by atoms with E-state index in [1.165, 1.54) is 4.57 Å². The zero-order chi connectivity index (χ0) is 12.5. The van der Waals surface area contributed by atoms with Crippen molar-refractivity contribution in [1.29, 1.82) is 0 Å². The minimum absolute atomic E-state index is 0.656. The maximum Gasteiger partial charge on any atom is 0.219 e. The molecule has 3 heteroatoms. The molecule has 2 aromatic heterocycles. The third-order valence-electron chi connectivity index (χ3n) is 3.00. The zero-order valence-electron chi connectivity index (χ0n) is 9.92. The van der Waals surface area contributed by atoms with Crippen LogP contribution in [0.4, 0.5) is 0 Å². The molecule has 0 aliphatic heterocycles. The summed E-state index contributed by atoms with van der Waals surface area (Å²) in [5.74, 6) is 0. The molecule has 0 fully saturated rings. The Morgan fingerprint density at radius 2 is 2.00 bits per heavy atom. The maximum absolute atomic E-state index is 11.3. The Morgan fingerprint density at radius 1 is 1.22 bits per heavy atom. The summed E-state index contributed by atoms with van der Waals surface area (Å²) < 4.78 is 1.54. The van der Waals surface area contributed by atoms with Crippen LogP contribution in [0.2, 0.25) is 0 Å². The van der Waals surface area contributed by atoms with Crippen LogP contribution in [0, 0.1) is 13.0 Å². The number of hydrogen-bond acceptors (Lipinski definition) is 2. The van der Waals surface area contributed by atoms with E-state index in [9.17, 15) is 4.79 Å². The lowest BCUT2D eigenvalue weighted by atomic mass is 10.1. The molecule has 0 spiro atoms. The van der Waals surface area contributed by atoms with Crippen molar-refractivity contribution in [3.63, 3.8) is 0 Å². The topological polar surface area (TPSA) is 34.9 Å². The monoisotopic (exact) mass is 235 g/mol. The van der Waals surface area contributed by atoms with Gasteiger partial charge in [0.2, 0.25) is 6.41 Å². The van der Waals surface area contributed by atoms with Crippen LogP contribution < -0.4 is 0 Å². The lowest BCUT2D eigenvalue weighted by Crippen LogP contribution is -1.98. The average molecular weight is 235 g/mol. The highest BCUT2D eigenvalue weighted by molar-refractivity contribution is 5.91. The Hall–Kier alpha value is -2.42. The summed E-state index contributed by atoms with van der Waals surface area (Å²) in [4.78, 5) is 15.5.